The molecule has 0 spiro atoms. The van der Waals surface area contributed by atoms with Gasteiger partial charge in [-0.1, -0.05) is 0 Å². The topological polar surface area (TPSA) is 80.0 Å². The highest BCUT2D eigenvalue weighted by molar-refractivity contribution is 5.78. The number of nitrogens with two attached hydrogens (primary N) is 1. The molecule has 0 radical (unpaired) electrons. The Morgan fingerprint density at radius 2 is 2.44 bits per heavy atom. The minimum absolute atomic E-state index is 0.122. The van der Waals surface area contributed by atoms with E-state index in [4.69, 9.17) is 5.73 Å². The lowest BCUT2D eigenvalue weighted by molar-refractivity contribution is -0.119. The zero-order valence-electron chi connectivity index (χ0n) is 9.29. The third-order valence-electron chi connectivity index (χ3n) is 2.67. The van der Waals surface area contributed by atoms with E-state index in [1.54, 1.807) is 0 Å². The van der Waals surface area contributed by atoms with Crippen molar-refractivity contribution < 1.29 is 4.79 Å². The van der Waals surface area contributed by atoms with Crippen LogP contribution in [-0.4, -0.2) is 23.5 Å². The average molecular weight is 220 g/mol. The molecule has 1 aromatic heterocycles. The van der Waals surface area contributed by atoms with Gasteiger partial charge in [0.15, 0.2) is 0 Å². The van der Waals surface area contributed by atoms with Crippen molar-refractivity contribution in [3.8, 4) is 0 Å². The van der Waals surface area contributed by atoms with Crippen molar-refractivity contribution in [3.63, 3.8) is 0 Å². The molecule has 4 N–H and O–H groups in total. The van der Waals surface area contributed by atoms with Gasteiger partial charge in [0.2, 0.25) is 5.91 Å². The van der Waals surface area contributed by atoms with Gasteiger partial charge in [0, 0.05) is 24.7 Å². The van der Waals surface area contributed by atoms with Crippen molar-refractivity contribution in [2.75, 3.05) is 17.6 Å². The van der Waals surface area contributed by atoms with Gasteiger partial charge in [-0.25, -0.2) is 4.98 Å². The molecular weight excluding hydrogens is 204 g/mol. The van der Waals surface area contributed by atoms with Crippen LogP contribution in [-0.2, 0) is 4.79 Å². The fourth-order valence-electron chi connectivity index (χ4n) is 1.76. The third kappa shape index (κ3) is 2.42. The Morgan fingerprint density at radius 1 is 1.62 bits per heavy atom. The highest BCUT2D eigenvalue weighted by Gasteiger charge is 2.20. The fraction of sp³-hybridized carbons (Fsp3) is 0.455. The summed E-state index contributed by atoms with van der Waals surface area (Å²) in [5.74, 6) is 0.818. The normalized spacial score (nSPS) is 19.6. The molecule has 1 unspecified atom stereocenters. The summed E-state index contributed by atoms with van der Waals surface area (Å²) in [6, 6.07) is 3.89. The lowest BCUT2D eigenvalue weighted by Crippen LogP contribution is -2.32. The summed E-state index contributed by atoms with van der Waals surface area (Å²) < 4.78 is 0. The molecule has 1 amide bonds. The first-order valence-corrected chi connectivity index (χ1v) is 5.41. The zero-order valence-corrected chi connectivity index (χ0v) is 9.29. The van der Waals surface area contributed by atoms with E-state index in [0.29, 0.717) is 24.5 Å². The number of rotatable bonds is 3. The Labute approximate surface area is 94.4 Å². The maximum atomic E-state index is 11.0. The number of hydrogen-bond acceptors (Lipinski definition) is 4. The van der Waals surface area contributed by atoms with Gasteiger partial charge in [-0.05, 0) is 25.5 Å². The second-order valence-corrected chi connectivity index (χ2v) is 4.07. The molecule has 5 nitrogen and oxygen atoms in total. The van der Waals surface area contributed by atoms with Crippen LogP contribution >= 0.6 is 0 Å². The van der Waals surface area contributed by atoms with E-state index in [-0.39, 0.29) is 11.9 Å². The Hall–Kier alpha value is -1.78. The Morgan fingerprint density at radius 3 is 3.12 bits per heavy atom. The molecule has 16 heavy (non-hydrogen) atoms. The van der Waals surface area contributed by atoms with Crippen molar-refractivity contribution in [1.29, 1.82) is 0 Å². The first-order valence-electron chi connectivity index (χ1n) is 5.41. The standard InChI is InChI=1S/C11H16N4O/c1-7-2-4-9(12)11(14-7)13-6-8-3-5-10(16)15-8/h2,4,8H,3,5-6,12H2,1H3,(H,13,14)(H,15,16). The van der Waals surface area contributed by atoms with Crippen LogP contribution in [0.3, 0.4) is 0 Å². The molecule has 0 bridgehead atoms. The first-order chi connectivity index (χ1) is 7.65. The SMILES string of the molecule is Cc1ccc(N)c(NCC2CCC(=O)N2)n1. The summed E-state index contributed by atoms with van der Waals surface area (Å²) in [6.45, 7) is 2.59. The monoisotopic (exact) mass is 220 g/mol. The van der Waals surface area contributed by atoms with Gasteiger partial charge in [0.25, 0.3) is 0 Å². The minimum atomic E-state index is 0.122. The highest BCUT2D eigenvalue weighted by Crippen LogP contribution is 2.16. The second-order valence-electron chi connectivity index (χ2n) is 4.07. The van der Waals surface area contributed by atoms with Crippen molar-refractivity contribution in [2.24, 2.45) is 0 Å². The van der Waals surface area contributed by atoms with Crippen LogP contribution in [0.15, 0.2) is 12.1 Å². The van der Waals surface area contributed by atoms with E-state index in [1.807, 2.05) is 19.1 Å². The van der Waals surface area contributed by atoms with Crippen molar-refractivity contribution in [1.82, 2.24) is 10.3 Å². The second kappa shape index (κ2) is 4.38. The van der Waals surface area contributed by atoms with Crippen LogP contribution in [0.5, 0.6) is 0 Å². The van der Waals surface area contributed by atoms with Crippen LogP contribution in [0.4, 0.5) is 11.5 Å². The summed E-state index contributed by atoms with van der Waals surface area (Å²) in [5.41, 5.74) is 7.35. The van der Waals surface area contributed by atoms with Gasteiger partial charge in [0.05, 0.1) is 5.69 Å². The maximum absolute atomic E-state index is 11.0. The maximum Gasteiger partial charge on any atom is 0.220 e. The molecule has 0 aliphatic carbocycles. The van der Waals surface area contributed by atoms with E-state index < -0.39 is 0 Å². The molecular formula is C11H16N4O. The Bertz CT molecular complexity index is 405. The summed E-state index contributed by atoms with van der Waals surface area (Å²) in [6.07, 6.45) is 1.49. The number of hydrogen-bond donors (Lipinski definition) is 3. The van der Waals surface area contributed by atoms with Crippen molar-refractivity contribution in [3.05, 3.63) is 17.8 Å². The predicted octanol–water partition coefficient (Wildman–Crippen LogP) is 0.663. The average Bonchev–Trinajstić information content (AvgIpc) is 2.66. The smallest absolute Gasteiger partial charge is 0.220 e. The number of nitrogen functional groups attached to an aromatic ring is 1. The largest absolute Gasteiger partial charge is 0.396 e. The lowest BCUT2D eigenvalue weighted by atomic mass is 10.2. The number of aryl methyl sites for hydroxylation is 1. The molecule has 1 fully saturated rings. The van der Waals surface area contributed by atoms with Crippen LogP contribution in [0.25, 0.3) is 0 Å². The van der Waals surface area contributed by atoms with Gasteiger partial charge >= 0.3 is 0 Å². The van der Waals surface area contributed by atoms with Gasteiger partial charge in [-0.15, -0.1) is 0 Å². The number of pyridine rings is 1. The van der Waals surface area contributed by atoms with Gasteiger partial charge in [-0.2, -0.15) is 0 Å². The van der Waals surface area contributed by atoms with Crippen LogP contribution in [0, 0.1) is 6.92 Å². The number of carbonyl (C=O) groups is 1. The number of anilines is 2. The molecule has 1 atom stereocenters. The number of amides is 1. The number of nitrogens with zero attached hydrogens (tertiary/aromatic N) is 1. The van der Waals surface area contributed by atoms with Gasteiger partial charge in [-0.3, -0.25) is 4.79 Å². The Kier molecular flexibility index (Phi) is 2.94. The van der Waals surface area contributed by atoms with Crippen LogP contribution in [0.1, 0.15) is 18.5 Å². The zero-order chi connectivity index (χ0) is 11.5. The quantitative estimate of drug-likeness (QED) is 0.699. The van der Waals surface area contributed by atoms with E-state index >= 15 is 0 Å². The molecule has 0 saturated carbocycles. The molecule has 0 aromatic carbocycles. The molecule has 1 aromatic rings. The van der Waals surface area contributed by atoms with Crippen LogP contribution in [0.2, 0.25) is 0 Å². The molecule has 1 aliphatic rings. The van der Waals surface area contributed by atoms with E-state index in [2.05, 4.69) is 15.6 Å². The third-order valence-corrected chi connectivity index (χ3v) is 2.67. The molecule has 1 aliphatic heterocycles. The number of aromatic nitrogens is 1. The number of carbonyl (C=O) groups excluding carboxylic acids is 1. The number of nitrogens with one attached hydrogen (secondary N) is 2. The lowest BCUT2D eigenvalue weighted by Gasteiger charge is -2.13. The summed E-state index contributed by atoms with van der Waals surface area (Å²) in [7, 11) is 0. The summed E-state index contributed by atoms with van der Waals surface area (Å²) >= 11 is 0. The Balaban J connectivity index is 1.94. The van der Waals surface area contributed by atoms with Crippen molar-refractivity contribution >= 4 is 17.4 Å². The minimum Gasteiger partial charge on any atom is -0.396 e. The van der Waals surface area contributed by atoms with Gasteiger partial charge < -0.3 is 16.4 Å². The summed E-state index contributed by atoms with van der Waals surface area (Å²) in [5, 5.41) is 6.05. The van der Waals surface area contributed by atoms with E-state index in [1.165, 1.54) is 0 Å². The highest BCUT2D eigenvalue weighted by atomic mass is 16.1. The van der Waals surface area contributed by atoms with E-state index in [0.717, 1.165) is 12.1 Å². The molecule has 5 heteroatoms. The molecule has 1 saturated heterocycles. The molecule has 2 heterocycles. The van der Waals surface area contributed by atoms with E-state index in [9.17, 15) is 4.79 Å². The first kappa shape index (κ1) is 10.7. The predicted molar refractivity (Wildman–Crippen MR) is 63.0 cm³/mol. The fourth-order valence-corrected chi connectivity index (χ4v) is 1.76. The molecule has 2 rings (SSSR count). The summed E-state index contributed by atoms with van der Waals surface area (Å²) in [4.78, 5) is 15.3. The molecule has 86 valence electrons. The van der Waals surface area contributed by atoms with Gasteiger partial charge in [0.1, 0.15) is 5.82 Å². The van der Waals surface area contributed by atoms with Crippen LogP contribution < -0.4 is 16.4 Å². The van der Waals surface area contributed by atoms with Crippen molar-refractivity contribution in [2.45, 2.75) is 25.8 Å².